The van der Waals surface area contributed by atoms with Gasteiger partial charge in [0.05, 0.1) is 0 Å². The molecule has 1 heterocycles. The maximum absolute atomic E-state index is 5.68. The highest BCUT2D eigenvalue weighted by molar-refractivity contribution is 5.01. The number of hydrogen-bond acceptors (Lipinski definition) is 4. The van der Waals surface area contributed by atoms with Crippen molar-refractivity contribution < 1.29 is 9.47 Å². The van der Waals surface area contributed by atoms with Crippen LogP contribution in [0.1, 0.15) is 39.6 Å². The van der Waals surface area contributed by atoms with Gasteiger partial charge in [0.2, 0.25) is 0 Å². The number of hydrogen-bond donors (Lipinski definition) is 1. The molecule has 1 aromatic heterocycles. The number of imidazole rings is 1. The van der Waals surface area contributed by atoms with Crippen LogP contribution in [-0.4, -0.2) is 35.6 Å². The molecule has 0 spiro atoms. The molecule has 1 rings (SSSR count). The third kappa shape index (κ3) is 3.80. The van der Waals surface area contributed by atoms with E-state index in [0.717, 1.165) is 18.9 Å². The molecule has 0 saturated carbocycles. The average Bonchev–Trinajstić information content (AvgIpc) is 2.84. The lowest BCUT2D eigenvalue weighted by Crippen LogP contribution is -2.37. The Balaban J connectivity index is 2.91. The van der Waals surface area contributed by atoms with E-state index in [4.69, 9.17) is 9.47 Å². The largest absolute Gasteiger partial charge is 0.351 e. The lowest BCUT2D eigenvalue weighted by atomic mass is 10.2. The van der Waals surface area contributed by atoms with Gasteiger partial charge >= 0.3 is 0 Å². The Bertz CT molecular complexity index is 322. The summed E-state index contributed by atoms with van der Waals surface area (Å²) in [6, 6.07) is -0.0372. The van der Waals surface area contributed by atoms with Gasteiger partial charge in [-0.3, -0.25) is 0 Å². The zero-order valence-electron chi connectivity index (χ0n) is 11.8. The molecule has 0 aromatic carbocycles. The van der Waals surface area contributed by atoms with Crippen LogP contribution in [0.3, 0.4) is 0 Å². The summed E-state index contributed by atoms with van der Waals surface area (Å²) in [7, 11) is 0. The molecule has 0 aliphatic carbocycles. The molecule has 104 valence electrons. The molecular weight excluding hydrogens is 230 g/mol. The highest BCUT2D eigenvalue weighted by atomic mass is 16.7. The monoisotopic (exact) mass is 255 g/mol. The SMILES string of the molecule is CCNC(c1nccn1CC)C(OCC)OCC. The topological polar surface area (TPSA) is 48.3 Å². The molecule has 0 aliphatic heterocycles. The molecule has 0 radical (unpaired) electrons. The smallest absolute Gasteiger partial charge is 0.179 e. The number of rotatable bonds is 9. The number of nitrogens with one attached hydrogen (secondary N) is 1. The molecule has 0 fully saturated rings. The van der Waals surface area contributed by atoms with E-state index < -0.39 is 0 Å². The van der Waals surface area contributed by atoms with Crippen LogP contribution >= 0.6 is 0 Å². The first-order chi connectivity index (χ1) is 8.78. The van der Waals surface area contributed by atoms with E-state index in [-0.39, 0.29) is 12.3 Å². The average molecular weight is 255 g/mol. The minimum atomic E-state index is -0.298. The van der Waals surface area contributed by atoms with E-state index in [9.17, 15) is 0 Å². The second-order valence-corrected chi connectivity index (χ2v) is 3.89. The van der Waals surface area contributed by atoms with Crippen molar-refractivity contribution in [2.45, 2.75) is 46.6 Å². The van der Waals surface area contributed by atoms with Gasteiger partial charge in [-0.25, -0.2) is 4.98 Å². The number of nitrogens with zero attached hydrogens (tertiary/aromatic N) is 2. The molecule has 18 heavy (non-hydrogen) atoms. The minimum Gasteiger partial charge on any atom is -0.351 e. The van der Waals surface area contributed by atoms with E-state index in [1.54, 1.807) is 0 Å². The number of aryl methyl sites for hydroxylation is 1. The molecule has 0 saturated heterocycles. The number of ether oxygens (including phenoxy) is 2. The Hall–Kier alpha value is -0.910. The van der Waals surface area contributed by atoms with Crippen molar-refractivity contribution >= 4 is 0 Å². The second kappa shape index (κ2) is 8.24. The highest BCUT2D eigenvalue weighted by Gasteiger charge is 2.26. The van der Waals surface area contributed by atoms with Gasteiger partial charge in [-0.15, -0.1) is 0 Å². The predicted octanol–water partition coefficient (Wildman–Crippen LogP) is 1.95. The third-order valence-electron chi connectivity index (χ3n) is 2.72. The summed E-state index contributed by atoms with van der Waals surface area (Å²) in [5.41, 5.74) is 0. The van der Waals surface area contributed by atoms with Gasteiger partial charge < -0.3 is 19.4 Å². The quantitative estimate of drug-likeness (QED) is 0.685. The van der Waals surface area contributed by atoms with Gasteiger partial charge in [-0.1, -0.05) is 6.92 Å². The van der Waals surface area contributed by atoms with Crippen LogP contribution in [-0.2, 0) is 16.0 Å². The van der Waals surface area contributed by atoms with Crippen LogP contribution in [0.15, 0.2) is 12.4 Å². The van der Waals surface area contributed by atoms with Crippen molar-refractivity contribution in [2.75, 3.05) is 19.8 Å². The zero-order chi connectivity index (χ0) is 13.4. The normalized spacial score (nSPS) is 13.2. The van der Waals surface area contributed by atoms with E-state index in [0.29, 0.717) is 13.2 Å². The van der Waals surface area contributed by atoms with Crippen molar-refractivity contribution in [1.82, 2.24) is 14.9 Å². The maximum Gasteiger partial charge on any atom is 0.179 e. The molecule has 1 aromatic rings. The first-order valence-electron chi connectivity index (χ1n) is 6.75. The number of likely N-dealkylation sites (N-methyl/N-ethyl adjacent to an activating group) is 1. The number of aromatic nitrogens is 2. The van der Waals surface area contributed by atoms with Crippen LogP contribution in [0.2, 0.25) is 0 Å². The Morgan fingerprint density at radius 3 is 2.39 bits per heavy atom. The molecule has 5 nitrogen and oxygen atoms in total. The van der Waals surface area contributed by atoms with Gasteiger partial charge in [0.1, 0.15) is 11.9 Å². The van der Waals surface area contributed by atoms with Gasteiger partial charge in [0.15, 0.2) is 6.29 Å². The fourth-order valence-corrected chi connectivity index (χ4v) is 1.97. The molecule has 1 unspecified atom stereocenters. The van der Waals surface area contributed by atoms with Crippen LogP contribution < -0.4 is 5.32 Å². The van der Waals surface area contributed by atoms with E-state index in [1.807, 2.05) is 26.2 Å². The molecule has 0 aliphatic rings. The molecule has 5 heteroatoms. The van der Waals surface area contributed by atoms with Gasteiger partial charge in [0.25, 0.3) is 0 Å². The standard InChI is InChI=1S/C13H25N3O2/c1-5-14-11(13(17-7-3)18-8-4)12-15-9-10-16(12)6-2/h9-11,13-14H,5-8H2,1-4H3. The summed E-state index contributed by atoms with van der Waals surface area (Å²) in [5, 5.41) is 3.40. The summed E-state index contributed by atoms with van der Waals surface area (Å²) in [5.74, 6) is 0.964. The van der Waals surface area contributed by atoms with Crippen LogP contribution in [0.25, 0.3) is 0 Å². The highest BCUT2D eigenvalue weighted by Crippen LogP contribution is 2.19. The minimum absolute atomic E-state index is 0.0372. The lowest BCUT2D eigenvalue weighted by molar-refractivity contribution is -0.156. The summed E-state index contributed by atoms with van der Waals surface area (Å²) in [6.07, 6.45) is 3.50. The zero-order valence-corrected chi connectivity index (χ0v) is 11.8. The Morgan fingerprint density at radius 2 is 1.89 bits per heavy atom. The summed E-state index contributed by atoms with van der Waals surface area (Å²) in [6.45, 7) is 11.1. The first-order valence-corrected chi connectivity index (χ1v) is 6.75. The van der Waals surface area contributed by atoms with E-state index >= 15 is 0 Å². The van der Waals surface area contributed by atoms with Crippen LogP contribution in [0.4, 0.5) is 0 Å². The summed E-state index contributed by atoms with van der Waals surface area (Å²) >= 11 is 0. The molecule has 0 amide bonds. The van der Waals surface area contributed by atoms with Gasteiger partial charge in [0, 0.05) is 32.2 Å². The Morgan fingerprint density at radius 1 is 1.22 bits per heavy atom. The summed E-state index contributed by atoms with van der Waals surface area (Å²) < 4.78 is 13.5. The molecular formula is C13H25N3O2. The molecule has 0 bridgehead atoms. The molecule has 1 atom stereocenters. The van der Waals surface area contributed by atoms with Crippen LogP contribution in [0, 0.1) is 0 Å². The fourth-order valence-electron chi connectivity index (χ4n) is 1.97. The van der Waals surface area contributed by atoms with Crippen molar-refractivity contribution in [3.05, 3.63) is 18.2 Å². The maximum atomic E-state index is 5.68. The van der Waals surface area contributed by atoms with Gasteiger partial charge in [-0.2, -0.15) is 0 Å². The molecule has 1 N–H and O–H groups in total. The summed E-state index contributed by atoms with van der Waals surface area (Å²) in [4.78, 5) is 4.43. The Labute approximate surface area is 109 Å². The van der Waals surface area contributed by atoms with E-state index in [2.05, 4.69) is 28.7 Å². The third-order valence-corrected chi connectivity index (χ3v) is 2.72. The van der Waals surface area contributed by atoms with E-state index in [1.165, 1.54) is 0 Å². The Kier molecular flexibility index (Phi) is 6.93. The van der Waals surface area contributed by atoms with Crippen molar-refractivity contribution in [1.29, 1.82) is 0 Å². The van der Waals surface area contributed by atoms with Crippen molar-refractivity contribution in [3.63, 3.8) is 0 Å². The van der Waals surface area contributed by atoms with Crippen molar-refractivity contribution in [2.24, 2.45) is 0 Å². The predicted molar refractivity (Wildman–Crippen MR) is 71.4 cm³/mol. The van der Waals surface area contributed by atoms with Gasteiger partial charge in [-0.05, 0) is 27.3 Å². The van der Waals surface area contributed by atoms with Crippen LogP contribution in [0.5, 0.6) is 0 Å². The lowest BCUT2D eigenvalue weighted by Gasteiger charge is -2.27. The fraction of sp³-hybridized carbons (Fsp3) is 0.769. The second-order valence-electron chi connectivity index (χ2n) is 3.89. The first kappa shape index (κ1) is 15.1. The van der Waals surface area contributed by atoms with Crippen molar-refractivity contribution in [3.8, 4) is 0 Å².